The number of carbonyl (C=O) groups is 2. The monoisotopic (exact) mass is 625 g/mol. The van der Waals surface area contributed by atoms with Gasteiger partial charge in [-0.2, -0.15) is 0 Å². The summed E-state index contributed by atoms with van der Waals surface area (Å²) in [6, 6.07) is 18.6. The maximum absolute atomic E-state index is 13.8. The second-order valence-electron chi connectivity index (χ2n) is 8.11. The molecule has 0 saturated heterocycles. The zero-order valence-electron chi connectivity index (χ0n) is 20.2. The molecule has 0 heterocycles. The van der Waals surface area contributed by atoms with E-state index in [-0.39, 0.29) is 17.3 Å². The largest absolute Gasteiger partial charge is 0.357 e. The number of halogens is 3. The zero-order chi connectivity index (χ0) is 27.2. The number of hydrogen-bond donors (Lipinski definition) is 1. The number of sulfonamides is 1. The molecular formula is C26H26BrCl2N3O4S. The number of amides is 2. The molecule has 1 unspecified atom stereocenters. The van der Waals surface area contributed by atoms with Crippen molar-refractivity contribution < 1.29 is 18.0 Å². The maximum atomic E-state index is 13.8. The highest BCUT2D eigenvalue weighted by molar-refractivity contribution is 9.10. The van der Waals surface area contributed by atoms with E-state index in [2.05, 4.69) is 21.2 Å². The van der Waals surface area contributed by atoms with Crippen molar-refractivity contribution in [3.05, 3.63) is 92.9 Å². The molecule has 0 aliphatic heterocycles. The summed E-state index contributed by atoms with van der Waals surface area (Å²) >= 11 is 15.6. The third-order valence-electron chi connectivity index (χ3n) is 5.68. The lowest BCUT2D eigenvalue weighted by atomic mass is 10.1. The van der Waals surface area contributed by atoms with Gasteiger partial charge in [0.05, 0.1) is 20.6 Å². The smallest absolute Gasteiger partial charge is 0.264 e. The van der Waals surface area contributed by atoms with E-state index in [0.717, 1.165) is 4.31 Å². The summed E-state index contributed by atoms with van der Waals surface area (Å²) in [5.41, 5.74) is 0.944. The van der Waals surface area contributed by atoms with E-state index < -0.39 is 28.5 Å². The Morgan fingerprint density at radius 3 is 2.27 bits per heavy atom. The Labute approximate surface area is 235 Å². The van der Waals surface area contributed by atoms with Gasteiger partial charge in [0, 0.05) is 18.1 Å². The Morgan fingerprint density at radius 1 is 0.973 bits per heavy atom. The first-order valence-corrected chi connectivity index (χ1v) is 14.4. The van der Waals surface area contributed by atoms with Gasteiger partial charge in [-0.05, 0) is 54.4 Å². The Kier molecular flexibility index (Phi) is 10.0. The summed E-state index contributed by atoms with van der Waals surface area (Å²) in [6.07, 6.45) is 0.315. The van der Waals surface area contributed by atoms with E-state index in [1.165, 1.54) is 24.1 Å². The second kappa shape index (κ2) is 12.8. The van der Waals surface area contributed by atoms with E-state index in [9.17, 15) is 18.0 Å². The van der Waals surface area contributed by atoms with E-state index in [4.69, 9.17) is 23.2 Å². The molecule has 1 N–H and O–H groups in total. The summed E-state index contributed by atoms with van der Waals surface area (Å²) in [5, 5.41) is 3.25. The average molecular weight is 627 g/mol. The quantitative estimate of drug-likeness (QED) is 0.322. The molecule has 0 saturated carbocycles. The molecular weight excluding hydrogens is 601 g/mol. The van der Waals surface area contributed by atoms with E-state index in [0.29, 0.717) is 32.2 Å². The minimum Gasteiger partial charge on any atom is -0.357 e. The molecule has 0 bridgehead atoms. The van der Waals surface area contributed by atoms with Crippen LogP contribution in [0.5, 0.6) is 0 Å². The molecule has 11 heteroatoms. The number of anilines is 1. The molecule has 0 aromatic heterocycles. The van der Waals surface area contributed by atoms with Crippen molar-refractivity contribution in [3.8, 4) is 0 Å². The molecule has 0 aliphatic rings. The number of likely N-dealkylation sites (N-methyl/N-ethyl adjacent to an activating group) is 1. The third-order valence-corrected chi connectivity index (χ3v) is 8.70. The van der Waals surface area contributed by atoms with E-state index in [1.54, 1.807) is 67.6 Å². The van der Waals surface area contributed by atoms with Crippen molar-refractivity contribution in [3.63, 3.8) is 0 Å². The fourth-order valence-electron chi connectivity index (χ4n) is 3.80. The van der Waals surface area contributed by atoms with Crippen LogP contribution >= 0.6 is 39.1 Å². The highest BCUT2D eigenvalue weighted by atomic mass is 79.9. The van der Waals surface area contributed by atoms with Crippen molar-refractivity contribution in [1.82, 2.24) is 10.2 Å². The lowest BCUT2D eigenvalue weighted by Crippen LogP contribution is -2.51. The van der Waals surface area contributed by atoms with Crippen molar-refractivity contribution in [1.29, 1.82) is 0 Å². The summed E-state index contributed by atoms with van der Waals surface area (Å²) < 4.78 is 29.1. The second-order valence-corrected chi connectivity index (χ2v) is 11.7. The van der Waals surface area contributed by atoms with Gasteiger partial charge in [0.2, 0.25) is 11.8 Å². The highest BCUT2D eigenvalue weighted by Crippen LogP contribution is 2.28. The molecule has 3 aromatic rings. The van der Waals surface area contributed by atoms with Crippen LogP contribution in [-0.4, -0.2) is 44.8 Å². The standard InChI is InChI=1S/C26H26BrCl2N3O4S/c1-3-24(26(34)30-2)31(16-18-12-13-22(28)23(29)14-18)25(33)17-32(20-9-7-8-19(27)15-20)37(35,36)21-10-5-4-6-11-21/h4-15,24H,3,16-17H2,1-2H3,(H,30,34). The number of hydrogen-bond acceptors (Lipinski definition) is 4. The van der Waals surface area contributed by atoms with Gasteiger partial charge in [0.15, 0.2) is 0 Å². The third kappa shape index (κ3) is 7.04. The molecule has 3 rings (SSSR count). The minimum absolute atomic E-state index is 0.0271. The van der Waals surface area contributed by atoms with Crippen LogP contribution in [-0.2, 0) is 26.2 Å². The molecule has 1 atom stereocenters. The number of carbonyl (C=O) groups excluding carboxylic acids is 2. The van der Waals surface area contributed by atoms with Crippen LogP contribution < -0.4 is 9.62 Å². The van der Waals surface area contributed by atoms with Crippen LogP contribution in [0.15, 0.2) is 82.2 Å². The summed E-state index contributed by atoms with van der Waals surface area (Å²) in [4.78, 5) is 28.0. The van der Waals surface area contributed by atoms with Crippen LogP contribution in [0.2, 0.25) is 10.0 Å². The topological polar surface area (TPSA) is 86.8 Å². The van der Waals surface area contributed by atoms with Gasteiger partial charge < -0.3 is 10.2 Å². The van der Waals surface area contributed by atoms with Crippen LogP contribution in [0, 0.1) is 0 Å². The van der Waals surface area contributed by atoms with Gasteiger partial charge >= 0.3 is 0 Å². The van der Waals surface area contributed by atoms with Gasteiger partial charge in [-0.3, -0.25) is 13.9 Å². The Morgan fingerprint density at radius 2 is 1.68 bits per heavy atom. The van der Waals surface area contributed by atoms with Gasteiger partial charge in [0.1, 0.15) is 12.6 Å². The number of rotatable bonds is 10. The normalized spacial score (nSPS) is 12.0. The van der Waals surface area contributed by atoms with Crippen LogP contribution in [0.1, 0.15) is 18.9 Å². The van der Waals surface area contributed by atoms with Gasteiger partial charge in [-0.25, -0.2) is 8.42 Å². The van der Waals surface area contributed by atoms with Gasteiger partial charge in [0.25, 0.3) is 10.0 Å². The number of nitrogens with zero attached hydrogens (tertiary/aromatic N) is 2. The first-order chi connectivity index (χ1) is 17.6. The van der Waals surface area contributed by atoms with E-state index >= 15 is 0 Å². The maximum Gasteiger partial charge on any atom is 0.264 e. The molecule has 0 spiro atoms. The Balaban J connectivity index is 2.06. The SMILES string of the molecule is CCC(C(=O)NC)N(Cc1ccc(Cl)c(Cl)c1)C(=O)CN(c1cccc(Br)c1)S(=O)(=O)c1ccccc1. The first kappa shape index (κ1) is 29.0. The number of benzene rings is 3. The Bertz CT molecular complexity index is 1370. The zero-order valence-corrected chi connectivity index (χ0v) is 24.1. The predicted octanol–water partition coefficient (Wildman–Crippen LogP) is 5.50. The molecule has 7 nitrogen and oxygen atoms in total. The fourth-order valence-corrected chi connectivity index (χ4v) is 5.94. The summed E-state index contributed by atoms with van der Waals surface area (Å²) in [7, 11) is -2.63. The van der Waals surface area contributed by atoms with Crippen LogP contribution in [0.3, 0.4) is 0 Å². The molecule has 3 aromatic carbocycles. The van der Waals surface area contributed by atoms with Gasteiger partial charge in [-0.15, -0.1) is 0 Å². The highest BCUT2D eigenvalue weighted by Gasteiger charge is 2.33. The Hall–Kier alpha value is -2.59. The minimum atomic E-state index is -4.12. The molecule has 2 amide bonds. The molecule has 0 radical (unpaired) electrons. The number of nitrogens with one attached hydrogen (secondary N) is 1. The summed E-state index contributed by atoms with van der Waals surface area (Å²) in [5.74, 6) is -0.920. The predicted molar refractivity (Wildman–Crippen MR) is 150 cm³/mol. The van der Waals surface area contributed by atoms with Crippen LogP contribution in [0.4, 0.5) is 5.69 Å². The van der Waals surface area contributed by atoms with E-state index in [1.807, 2.05) is 0 Å². The average Bonchev–Trinajstić information content (AvgIpc) is 2.89. The fraction of sp³-hybridized carbons (Fsp3) is 0.231. The lowest BCUT2D eigenvalue weighted by molar-refractivity contribution is -0.140. The van der Waals surface area contributed by atoms with Crippen molar-refractivity contribution in [2.45, 2.75) is 30.8 Å². The van der Waals surface area contributed by atoms with Crippen molar-refractivity contribution >= 4 is 66.7 Å². The molecule has 0 aliphatic carbocycles. The first-order valence-electron chi connectivity index (χ1n) is 11.4. The van der Waals surface area contributed by atoms with Gasteiger partial charge in [-0.1, -0.05) is 76.4 Å². The van der Waals surface area contributed by atoms with Crippen LogP contribution in [0.25, 0.3) is 0 Å². The molecule has 37 heavy (non-hydrogen) atoms. The van der Waals surface area contributed by atoms with Crippen molar-refractivity contribution in [2.75, 3.05) is 17.9 Å². The summed E-state index contributed by atoms with van der Waals surface area (Å²) in [6.45, 7) is 1.28. The van der Waals surface area contributed by atoms with Crippen molar-refractivity contribution in [2.24, 2.45) is 0 Å². The lowest BCUT2D eigenvalue weighted by Gasteiger charge is -2.33. The molecule has 196 valence electrons. The molecule has 0 fully saturated rings.